The fourth-order valence-corrected chi connectivity index (χ4v) is 2.17. The molecule has 0 fully saturated rings. The van der Waals surface area contributed by atoms with Crippen LogP contribution in [0.1, 0.15) is 11.3 Å². The highest BCUT2D eigenvalue weighted by molar-refractivity contribution is 9.10. The van der Waals surface area contributed by atoms with Crippen LogP contribution < -0.4 is 5.32 Å². The van der Waals surface area contributed by atoms with Crippen LogP contribution in [0.2, 0.25) is 0 Å². The number of benzene rings is 1. The summed E-state index contributed by atoms with van der Waals surface area (Å²) in [5.41, 5.74) is 1.55. The SMILES string of the molecule is O=C1Nc2ccc(F)cc2/C1=C/c1ccc(Br)o1. The molecule has 0 radical (unpaired) electrons. The summed E-state index contributed by atoms with van der Waals surface area (Å²) in [6.45, 7) is 0. The molecule has 18 heavy (non-hydrogen) atoms. The van der Waals surface area contributed by atoms with Gasteiger partial charge in [0.15, 0.2) is 4.67 Å². The van der Waals surface area contributed by atoms with Gasteiger partial charge in [-0.15, -0.1) is 0 Å². The van der Waals surface area contributed by atoms with Gasteiger partial charge in [0.25, 0.3) is 5.91 Å². The minimum absolute atomic E-state index is 0.261. The molecule has 1 aliphatic heterocycles. The lowest BCUT2D eigenvalue weighted by Gasteiger charge is -1.97. The van der Waals surface area contributed by atoms with Crippen LogP contribution in [0.3, 0.4) is 0 Å². The van der Waals surface area contributed by atoms with Crippen molar-refractivity contribution in [3.63, 3.8) is 0 Å². The minimum Gasteiger partial charge on any atom is -0.450 e. The van der Waals surface area contributed by atoms with E-state index >= 15 is 0 Å². The van der Waals surface area contributed by atoms with Gasteiger partial charge in [-0.05, 0) is 52.3 Å². The number of nitrogens with one attached hydrogen (secondary N) is 1. The lowest BCUT2D eigenvalue weighted by molar-refractivity contribution is -0.110. The van der Waals surface area contributed by atoms with Crippen LogP contribution in [-0.2, 0) is 4.79 Å². The Morgan fingerprint density at radius 2 is 2.11 bits per heavy atom. The van der Waals surface area contributed by atoms with Crippen molar-refractivity contribution >= 4 is 39.2 Å². The van der Waals surface area contributed by atoms with Gasteiger partial charge in [0.05, 0.1) is 5.57 Å². The molecule has 0 atom stereocenters. The zero-order valence-electron chi connectivity index (χ0n) is 9.04. The van der Waals surface area contributed by atoms with E-state index < -0.39 is 0 Å². The first kappa shape index (κ1) is 11.2. The molecule has 1 aliphatic rings. The van der Waals surface area contributed by atoms with Crippen LogP contribution in [0, 0.1) is 5.82 Å². The smallest absolute Gasteiger partial charge is 0.256 e. The van der Waals surface area contributed by atoms with Crippen LogP contribution >= 0.6 is 15.9 Å². The van der Waals surface area contributed by atoms with Crippen molar-refractivity contribution in [3.05, 3.63) is 52.1 Å². The molecule has 0 aliphatic carbocycles. The average molecular weight is 308 g/mol. The number of fused-ring (bicyclic) bond motifs is 1. The van der Waals surface area contributed by atoms with Crippen molar-refractivity contribution in [1.29, 1.82) is 0 Å². The molecule has 5 heteroatoms. The number of amides is 1. The topological polar surface area (TPSA) is 42.2 Å². The standard InChI is InChI=1S/C13H7BrFNO2/c14-12-4-2-8(18-12)6-10-9-5-7(15)1-3-11(9)16-13(10)17/h1-6H,(H,16,17)/b10-6-. The van der Waals surface area contributed by atoms with Gasteiger partial charge >= 0.3 is 0 Å². The second-order valence-electron chi connectivity index (χ2n) is 3.84. The minimum atomic E-state index is -0.378. The van der Waals surface area contributed by atoms with Gasteiger partial charge in [0.1, 0.15) is 11.6 Å². The average Bonchev–Trinajstić information content (AvgIpc) is 2.86. The molecule has 0 saturated heterocycles. The summed E-state index contributed by atoms with van der Waals surface area (Å²) in [6, 6.07) is 7.64. The van der Waals surface area contributed by atoms with Gasteiger partial charge in [0.2, 0.25) is 0 Å². The molecule has 0 unspecified atom stereocenters. The summed E-state index contributed by atoms with van der Waals surface area (Å²) in [5, 5.41) is 2.67. The van der Waals surface area contributed by atoms with Crippen LogP contribution in [0.25, 0.3) is 11.6 Å². The van der Waals surface area contributed by atoms with E-state index in [9.17, 15) is 9.18 Å². The molecule has 1 aromatic carbocycles. The molecule has 1 aromatic heterocycles. The highest BCUT2D eigenvalue weighted by Gasteiger charge is 2.24. The van der Waals surface area contributed by atoms with Crippen molar-refractivity contribution in [3.8, 4) is 0 Å². The molecular weight excluding hydrogens is 301 g/mol. The number of carbonyl (C=O) groups excluding carboxylic acids is 1. The third kappa shape index (κ3) is 1.86. The van der Waals surface area contributed by atoms with Gasteiger partial charge in [-0.2, -0.15) is 0 Å². The molecule has 0 spiro atoms. The van der Waals surface area contributed by atoms with Gasteiger partial charge in [-0.1, -0.05) is 0 Å². The fourth-order valence-electron chi connectivity index (χ4n) is 1.85. The van der Waals surface area contributed by atoms with E-state index in [2.05, 4.69) is 21.2 Å². The maximum atomic E-state index is 13.2. The Hall–Kier alpha value is -1.88. The summed E-state index contributed by atoms with van der Waals surface area (Å²) in [5.74, 6) is -0.107. The number of hydrogen-bond donors (Lipinski definition) is 1. The highest BCUT2D eigenvalue weighted by atomic mass is 79.9. The molecular formula is C13H7BrFNO2. The number of hydrogen-bond acceptors (Lipinski definition) is 2. The lowest BCUT2D eigenvalue weighted by Crippen LogP contribution is -2.03. The van der Waals surface area contributed by atoms with Gasteiger partial charge in [-0.3, -0.25) is 4.79 Å². The Morgan fingerprint density at radius 3 is 2.83 bits per heavy atom. The van der Waals surface area contributed by atoms with Crippen molar-refractivity contribution in [1.82, 2.24) is 0 Å². The number of anilines is 1. The van der Waals surface area contributed by atoms with Gasteiger partial charge in [0, 0.05) is 11.3 Å². The van der Waals surface area contributed by atoms with E-state index in [0.29, 0.717) is 27.3 Å². The number of halogens is 2. The molecule has 0 saturated carbocycles. The molecule has 3 rings (SSSR count). The molecule has 2 aromatic rings. The second-order valence-corrected chi connectivity index (χ2v) is 4.63. The Kier molecular flexibility index (Phi) is 2.56. The summed E-state index contributed by atoms with van der Waals surface area (Å²) >= 11 is 3.18. The van der Waals surface area contributed by atoms with Crippen LogP contribution in [0.15, 0.2) is 39.4 Å². The molecule has 1 amide bonds. The van der Waals surface area contributed by atoms with E-state index in [1.54, 1.807) is 24.3 Å². The van der Waals surface area contributed by atoms with Crippen LogP contribution in [0.5, 0.6) is 0 Å². The Morgan fingerprint density at radius 1 is 1.28 bits per heavy atom. The Balaban J connectivity index is 2.11. The van der Waals surface area contributed by atoms with E-state index in [0.717, 1.165) is 0 Å². The zero-order chi connectivity index (χ0) is 12.7. The molecule has 3 nitrogen and oxygen atoms in total. The quantitative estimate of drug-likeness (QED) is 0.817. The van der Waals surface area contributed by atoms with E-state index in [-0.39, 0.29) is 11.7 Å². The second kappa shape index (κ2) is 4.10. The normalized spacial score (nSPS) is 15.9. The van der Waals surface area contributed by atoms with Crippen LogP contribution in [-0.4, -0.2) is 5.91 Å². The molecule has 2 heterocycles. The number of carbonyl (C=O) groups is 1. The zero-order valence-corrected chi connectivity index (χ0v) is 10.6. The van der Waals surface area contributed by atoms with Crippen molar-refractivity contribution in [2.45, 2.75) is 0 Å². The van der Waals surface area contributed by atoms with E-state index in [4.69, 9.17) is 4.42 Å². The van der Waals surface area contributed by atoms with Crippen LogP contribution in [0.4, 0.5) is 10.1 Å². The van der Waals surface area contributed by atoms with Crippen molar-refractivity contribution in [2.24, 2.45) is 0 Å². The van der Waals surface area contributed by atoms with Gasteiger partial charge < -0.3 is 9.73 Å². The third-order valence-corrected chi connectivity index (χ3v) is 3.07. The predicted octanol–water partition coefficient (Wildman–Crippen LogP) is 3.67. The summed E-state index contributed by atoms with van der Waals surface area (Å²) in [6.07, 6.45) is 1.59. The fraction of sp³-hybridized carbons (Fsp3) is 0. The third-order valence-electron chi connectivity index (χ3n) is 2.65. The predicted molar refractivity (Wildman–Crippen MR) is 69.3 cm³/mol. The van der Waals surface area contributed by atoms with Gasteiger partial charge in [-0.25, -0.2) is 4.39 Å². The monoisotopic (exact) mass is 307 g/mol. The summed E-state index contributed by atoms with van der Waals surface area (Å²) in [7, 11) is 0. The maximum Gasteiger partial charge on any atom is 0.256 e. The first-order valence-electron chi connectivity index (χ1n) is 5.22. The highest BCUT2D eigenvalue weighted by Crippen LogP contribution is 2.33. The van der Waals surface area contributed by atoms with E-state index in [1.807, 2.05) is 0 Å². The van der Waals surface area contributed by atoms with Crippen molar-refractivity contribution in [2.75, 3.05) is 5.32 Å². The number of rotatable bonds is 1. The summed E-state index contributed by atoms with van der Waals surface area (Å²) in [4.78, 5) is 11.8. The Bertz CT molecular complexity index is 675. The van der Waals surface area contributed by atoms with E-state index in [1.165, 1.54) is 12.1 Å². The Labute approximate surface area is 110 Å². The number of furan rings is 1. The maximum absolute atomic E-state index is 13.2. The largest absolute Gasteiger partial charge is 0.450 e. The first-order valence-corrected chi connectivity index (χ1v) is 6.01. The lowest BCUT2D eigenvalue weighted by atomic mass is 10.1. The molecule has 1 N–H and O–H groups in total. The summed E-state index contributed by atoms with van der Waals surface area (Å²) < 4.78 is 19.1. The van der Waals surface area contributed by atoms with Crippen molar-refractivity contribution < 1.29 is 13.6 Å². The molecule has 90 valence electrons. The first-order chi connectivity index (χ1) is 8.63. The molecule has 0 bridgehead atoms.